The molecule has 0 bridgehead atoms. The number of hydrogen-bond acceptors (Lipinski definition) is 6. The zero-order valence-corrected chi connectivity index (χ0v) is 15.6. The lowest BCUT2D eigenvalue weighted by Crippen LogP contribution is -2.41. The summed E-state index contributed by atoms with van der Waals surface area (Å²) in [7, 11) is 0. The molecule has 27 heavy (non-hydrogen) atoms. The lowest BCUT2D eigenvalue weighted by atomic mass is 10.2. The molecular formula is C19H26N4O4. The number of rotatable bonds is 7. The van der Waals surface area contributed by atoms with Crippen molar-refractivity contribution in [2.75, 3.05) is 49.6 Å². The van der Waals surface area contributed by atoms with Crippen LogP contribution in [0.1, 0.15) is 19.8 Å². The van der Waals surface area contributed by atoms with Crippen molar-refractivity contribution in [3.8, 4) is 0 Å². The number of imide groups is 1. The molecule has 0 unspecified atom stereocenters. The minimum atomic E-state index is -0.475. The van der Waals surface area contributed by atoms with E-state index in [1.165, 1.54) is 11.8 Å². The smallest absolute Gasteiger partial charge is 0.251 e. The molecule has 0 spiro atoms. The molecule has 2 saturated heterocycles. The number of benzene rings is 1. The molecule has 1 aromatic rings. The second-order valence-electron chi connectivity index (χ2n) is 6.81. The maximum atomic E-state index is 12.6. The zero-order chi connectivity index (χ0) is 19.2. The standard InChI is InChI=1S/C19H26N4O4/c1-14(24)21-15-3-5-16(6-4-15)23-18(25)13-17(19(23)26)20-7-2-8-22-9-11-27-12-10-22/h3-6,17,20H,2,7-13H2,1H3,(H,21,24)/t17-/m1/s1. The van der Waals surface area contributed by atoms with Crippen LogP contribution < -0.4 is 15.5 Å². The highest BCUT2D eigenvalue weighted by atomic mass is 16.5. The molecule has 0 aliphatic carbocycles. The van der Waals surface area contributed by atoms with Gasteiger partial charge in [0.15, 0.2) is 0 Å². The monoisotopic (exact) mass is 374 g/mol. The number of morpholine rings is 1. The number of ether oxygens (including phenoxy) is 1. The molecule has 1 aromatic carbocycles. The van der Waals surface area contributed by atoms with E-state index in [0.717, 1.165) is 39.3 Å². The summed E-state index contributed by atoms with van der Waals surface area (Å²) >= 11 is 0. The van der Waals surface area contributed by atoms with Gasteiger partial charge in [-0.25, -0.2) is 4.90 Å². The minimum Gasteiger partial charge on any atom is -0.379 e. The Hall–Kier alpha value is -2.29. The van der Waals surface area contributed by atoms with Crippen molar-refractivity contribution >= 4 is 29.1 Å². The Morgan fingerprint density at radius 2 is 1.89 bits per heavy atom. The van der Waals surface area contributed by atoms with Gasteiger partial charge in [-0.1, -0.05) is 0 Å². The maximum absolute atomic E-state index is 12.6. The van der Waals surface area contributed by atoms with Crippen molar-refractivity contribution < 1.29 is 19.1 Å². The van der Waals surface area contributed by atoms with Gasteiger partial charge in [0.1, 0.15) is 0 Å². The largest absolute Gasteiger partial charge is 0.379 e. The number of hydrogen-bond donors (Lipinski definition) is 2. The lowest BCUT2D eigenvalue weighted by molar-refractivity contribution is -0.121. The molecule has 2 heterocycles. The van der Waals surface area contributed by atoms with Gasteiger partial charge >= 0.3 is 0 Å². The van der Waals surface area contributed by atoms with Crippen LogP contribution in [-0.4, -0.2) is 68.1 Å². The first-order chi connectivity index (χ1) is 13.0. The van der Waals surface area contributed by atoms with Crippen molar-refractivity contribution in [3.63, 3.8) is 0 Å². The highest BCUT2D eigenvalue weighted by molar-refractivity contribution is 6.22. The quantitative estimate of drug-likeness (QED) is 0.536. The summed E-state index contributed by atoms with van der Waals surface area (Å²) in [6.07, 6.45) is 1.09. The van der Waals surface area contributed by atoms with E-state index in [-0.39, 0.29) is 24.1 Å². The summed E-state index contributed by atoms with van der Waals surface area (Å²) < 4.78 is 5.33. The molecule has 2 N–H and O–H groups in total. The number of amides is 3. The number of carbonyl (C=O) groups excluding carboxylic acids is 3. The number of carbonyl (C=O) groups is 3. The molecule has 2 fully saturated rings. The van der Waals surface area contributed by atoms with Gasteiger partial charge in [-0.05, 0) is 43.8 Å². The molecule has 2 aliphatic heterocycles. The van der Waals surface area contributed by atoms with Gasteiger partial charge in [-0.15, -0.1) is 0 Å². The third-order valence-electron chi connectivity index (χ3n) is 4.74. The van der Waals surface area contributed by atoms with Crippen molar-refractivity contribution in [2.24, 2.45) is 0 Å². The van der Waals surface area contributed by atoms with E-state index in [1.54, 1.807) is 24.3 Å². The van der Waals surface area contributed by atoms with E-state index in [9.17, 15) is 14.4 Å². The predicted molar refractivity (Wildman–Crippen MR) is 102 cm³/mol. The van der Waals surface area contributed by atoms with Crippen LogP contribution in [0.15, 0.2) is 24.3 Å². The molecule has 0 radical (unpaired) electrons. The maximum Gasteiger partial charge on any atom is 0.251 e. The average molecular weight is 374 g/mol. The van der Waals surface area contributed by atoms with Gasteiger partial charge in [0, 0.05) is 25.7 Å². The average Bonchev–Trinajstić information content (AvgIpc) is 2.94. The van der Waals surface area contributed by atoms with Crippen molar-refractivity contribution in [1.82, 2.24) is 10.2 Å². The van der Waals surface area contributed by atoms with Crippen LogP contribution in [0.3, 0.4) is 0 Å². The number of nitrogens with zero attached hydrogens (tertiary/aromatic N) is 2. The fourth-order valence-electron chi connectivity index (χ4n) is 3.36. The van der Waals surface area contributed by atoms with Gasteiger partial charge in [-0.3, -0.25) is 19.3 Å². The van der Waals surface area contributed by atoms with Gasteiger partial charge in [0.05, 0.1) is 31.4 Å². The van der Waals surface area contributed by atoms with Gasteiger partial charge < -0.3 is 15.4 Å². The summed E-state index contributed by atoms with van der Waals surface area (Å²) in [5.41, 5.74) is 1.15. The second kappa shape index (κ2) is 9.07. The summed E-state index contributed by atoms with van der Waals surface area (Å²) in [6.45, 7) is 6.52. The fraction of sp³-hybridized carbons (Fsp3) is 0.526. The lowest BCUT2D eigenvalue weighted by Gasteiger charge is -2.26. The Bertz CT molecular complexity index is 685. The fourth-order valence-corrected chi connectivity index (χ4v) is 3.36. The Morgan fingerprint density at radius 1 is 1.19 bits per heavy atom. The van der Waals surface area contributed by atoms with E-state index in [4.69, 9.17) is 4.74 Å². The first-order valence-corrected chi connectivity index (χ1v) is 9.32. The number of nitrogens with one attached hydrogen (secondary N) is 2. The molecule has 0 aromatic heterocycles. The molecule has 3 rings (SSSR count). The van der Waals surface area contributed by atoms with Gasteiger partial charge in [0.25, 0.3) is 5.91 Å². The first-order valence-electron chi connectivity index (χ1n) is 9.32. The second-order valence-corrected chi connectivity index (χ2v) is 6.81. The van der Waals surface area contributed by atoms with Crippen LogP contribution in [-0.2, 0) is 19.1 Å². The molecule has 2 aliphatic rings. The molecule has 8 nitrogen and oxygen atoms in total. The third-order valence-corrected chi connectivity index (χ3v) is 4.74. The normalized spacial score (nSPS) is 20.9. The molecule has 1 atom stereocenters. The highest BCUT2D eigenvalue weighted by Crippen LogP contribution is 2.24. The van der Waals surface area contributed by atoms with E-state index in [2.05, 4.69) is 15.5 Å². The van der Waals surface area contributed by atoms with Crippen molar-refractivity contribution in [2.45, 2.75) is 25.8 Å². The van der Waals surface area contributed by atoms with Crippen molar-refractivity contribution in [3.05, 3.63) is 24.3 Å². The molecule has 3 amide bonds. The van der Waals surface area contributed by atoms with Crippen LogP contribution in [0.4, 0.5) is 11.4 Å². The van der Waals surface area contributed by atoms with Crippen LogP contribution in [0.5, 0.6) is 0 Å². The summed E-state index contributed by atoms with van der Waals surface area (Å²) in [6, 6.07) is 6.22. The SMILES string of the molecule is CC(=O)Nc1ccc(N2C(=O)C[C@@H](NCCCN3CCOCC3)C2=O)cc1. The molecule has 0 saturated carbocycles. The summed E-state index contributed by atoms with van der Waals surface area (Å²) in [4.78, 5) is 39.6. The Balaban J connectivity index is 1.49. The van der Waals surface area contributed by atoms with E-state index < -0.39 is 6.04 Å². The van der Waals surface area contributed by atoms with Gasteiger partial charge in [0.2, 0.25) is 11.8 Å². The Labute approximate surface area is 158 Å². The zero-order valence-electron chi connectivity index (χ0n) is 15.6. The molecule has 8 heteroatoms. The molecular weight excluding hydrogens is 348 g/mol. The third kappa shape index (κ3) is 5.12. The summed E-state index contributed by atoms with van der Waals surface area (Å²) in [5.74, 6) is -0.603. The first kappa shape index (κ1) is 19.5. The van der Waals surface area contributed by atoms with Crippen LogP contribution >= 0.6 is 0 Å². The van der Waals surface area contributed by atoms with Crippen LogP contribution in [0, 0.1) is 0 Å². The Kier molecular flexibility index (Phi) is 6.54. The highest BCUT2D eigenvalue weighted by Gasteiger charge is 2.39. The van der Waals surface area contributed by atoms with Crippen molar-refractivity contribution in [1.29, 1.82) is 0 Å². The summed E-state index contributed by atoms with van der Waals surface area (Å²) in [5, 5.41) is 5.88. The minimum absolute atomic E-state index is 0.169. The van der Waals surface area contributed by atoms with E-state index in [0.29, 0.717) is 17.9 Å². The van der Waals surface area contributed by atoms with E-state index in [1.807, 2.05) is 0 Å². The van der Waals surface area contributed by atoms with E-state index >= 15 is 0 Å². The van der Waals surface area contributed by atoms with Crippen LogP contribution in [0.25, 0.3) is 0 Å². The van der Waals surface area contributed by atoms with Crippen LogP contribution in [0.2, 0.25) is 0 Å². The topological polar surface area (TPSA) is 91.0 Å². The van der Waals surface area contributed by atoms with Gasteiger partial charge in [-0.2, -0.15) is 0 Å². The predicted octanol–water partition coefficient (Wildman–Crippen LogP) is 0.589. The number of anilines is 2. The Morgan fingerprint density at radius 3 is 2.56 bits per heavy atom. The molecule has 146 valence electrons.